The number of ether oxygens (including phenoxy) is 2. The minimum Gasteiger partial charge on any atom is -0.489 e. The first-order chi connectivity index (χ1) is 16.0. The number of esters is 1. The normalized spacial score (nSPS) is 11.0. The van der Waals surface area contributed by atoms with E-state index in [0.29, 0.717) is 40.3 Å². The third-order valence-electron chi connectivity index (χ3n) is 5.41. The molecule has 0 fully saturated rings. The maximum atomic E-state index is 15.1. The topological polar surface area (TPSA) is 87.6 Å². The lowest BCUT2D eigenvalue weighted by Crippen LogP contribution is -2.09. The van der Waals surface area contributed by atoms with Crippen molar-refractivity contribution in [3.05, 3.63) is 82.8 Å². The first-order valence-electron chi connectivity index (χ1n) is 10.7. The molecule has 1 heterocycles. The molecule has 0 bridgehead atoms. The molecule has 6 nitrogen and oxygen atoms in total. The summed E-state index contributed by atoms with van der Waals surface area (Å²) in [5.41, 5.74) is 9.85. The smallest absolute Gasteiger partial charge is 0.310 e. The molecule has 7 heteroatoms. The summed E-state index contributed by atoms with van der Waals surface area (Å²) in [5, 5.41) is 4.84. The molecule has 4 rings (SSSR count). The maximum Gasteiger partial charge on any atom is 0.310 e. The number of benzene rings is 3. The first-order valence-corrected chi connectivity index (χ1v) is 10.7. The Kier molecular flexibility index (Phi) is 6.70. The molecule has 0 unspecified atom stereocenters. The van der Waals surface area contributed by atoms with Gasteiger partial charge in [0.15, 0.2) is 5.58 Å². The van der Waals surface area contributed by atoms with Gasteiger partial charge in [0.25, 0.3) is 0 Å². The van der Waals surface area contributed by atoms with Crippen molar-refractivity contribution in [1.82, 2.24) is 5.16 Å². The van der Waals surface area contributed by atoms with E-state index in [4.69, 9.17) is 19.7 Å². The van der Waals surface area contributed by atoms with Crippen LogP contribution in [0.25, 0.3) is 22.1 Å². The molecule has 4 aromatic rings. The van der Waals surface area contributed by atoms with Gasteiger partial charge in [-0.15, -0.1) is 0 Å². The predicted molar refractivity (Wildman–Crippen MR) is 123 cm³/mol. The van der Waals surface area contributed by atoms with Crippen molar-refractivity contribution >= 4 is 16.9 Å². The van der Waals surface area contributed by atoms with Gasteiger partial charge in [-0.2, -0.15) is 0 Å². The van der Waals surface area contributed by atoms with Gasteiger partial charge in [0.2, 0.25) is 0 Å². The number of rotatable bonds is 8. The number of aryl methyl sites for hydroxylation is 1. The van der Waals surface area contributed by atoms with Crippen LogP contribution in [0.3, 0.4) is 0 Å². The number of nitrogens with two attached hydrogens (primary N) is 1. The van der Waals surface area contributed by atoms with Crippen LogP contribution in [0, 0.1) is 12.7 Å². The van der Waals surface area contributed by atoms with Gasteiger partial charge in [-0.05, 0) is 37.6 Å². The van der Waals surface area contributed by atoms with Crippen molar-refractivity contribution in [2.45, 2.75) is 33.4 Å². The Balaban J connectivity index is 1.68. The molecule has 3 aromatic carbocycles. The van der Waals surface area contributed by atoms with Gasteiger partial charge in [-0.3, -0.25) is 4.79 Å². The summed E-state index contributed by atoms with van der Waals surface area (Å²) in [6, 6.07) is 16.2. The lowest BCUT2D eigenvalue weighted by atomic mass is 9.97. The molecule has 170 valence electrons. The Labute approximate surface area is 191 Å². The minimum atomic E-state index is -0.381. The molecule has 1 aromatic heterocycles. The molecule has 0 saturated heterocycles. The number of carbonyl (C=O) groups is 1. The number of hydrogen-bond acceptors (Lipinski definition) is 6. The van der Waals surface area contributed by atoms with Crippen molar-refractivity contribution in [3.8, 4) is 16.9 Å². The molecule has 33 heavy (non-hydrogen) atoms. The fraction of sp³-hybridized carbons (Fsp3) is 0.231. The number of nitrogens with zero attached hydrogens (tertiary/aromatic N) is 1. The fourth-order valence-electron chi connectivity index (χ4n) is 3.77. The van der Waals surface area contributed by atoms with Gasteiger partial charge in [0.05, 0.1) is 18.7 Å². The Hall–Kier alpha value is -3.71. The van der Waals surface area contributed by atoms with Crippen molar-refractivity contribution in [3.63, 3.8) is 0 Å². The number of fused-ring (bicyclic) bond motifs is 1. The molecular formula is C26H25FN2O4. The van der Waals surface area contributed by atoms with E-state index in [0.717, 1.165) is 16.5 Å². The Bertz CT molecular complexity index is 1300. The van der Waals surface area contributed by atoms with E-state index in [-0.39, 0.29) is 31.4 Å². The molecular weight excluding hydrogens is 423 g/mol. The van der Waals surface area contributed by atoms with Crippen molar-refractivity contribution in [2.24, 2.45) is 5.73 Å². The molecule has 0 aliphatic heterocycles. The van der Waals surface area contributed by atoms with E-state index in [1.165, 1.54) is 0 Å². The summed E-state index contributed by atoms with van der Waals surface area (Å²) in [6.07, 6.45) is 0.121. The zero-order valence-corrected chi connectivity index (χ0v) is 18.6. The third-order valence-corrected chi connectivity index (χ3v) is 5.41. The van der Waals surface area contributed by atoms with Crippen LogP contribution in [-0.4, -0.2) is 17.7 Å². The Morgan fingerprint density at radius 1 is 1.09 bits per heavy atom. The van der Waals surface area contributed by atoms with Crippen LogP contribution in [0.15, 0.2) is 59.1 Å². The second kappa shape index (κ2) is 9.83. The van der Waals surface area contributed by atoms with E-state index in [2.05, 4.69) is 5.16 Å². The van der Waals surface area contributed by atoms with Gasteiger partial charge in [0, 0.05) is 34.2 Å². The van der Waals surface area contributed by atoms with Gasteiger partial charge in [-0.1, -0.05) is 41.6 Å². The highest BCUT2D eigenvalue weighted by atomic mass is 19.1. The highest BCUT2D eigenvalue weighted by molar-refractivity contribution is 5.94. The molecule has 0 aliphatic rings. The average molecular weight is 448 g/mol. The zero-order valence-electron chi connectivity index (χ0n) is 18.6. The van der Waals surface area contributed by atoms with E-state index < -0.39 is 0 Å². The highest BCUT2D eigenvalue weighted by Gasteiger charge is 2.18. The summed E-state index contributed by atoms with van der Waals surface area (Å²) >= 11 is 0. The van der Waals surface area contributed by atoms with Crippen LogP contribution in [0.2, 0.25) is 0 Å². The molecule has 0 amide bonds. The number of halogens is 1. The number of para-hydroxylation sites is 1. The zero-order chi connectivity index (χ0) is 23.4. The summed E-state index contributed by atoms with van der Waals surface area (Å²) in [6.45, 7) is 4.24. The highest BCUT2D eigenvalue weighted by Crippen LogP contribution is 2.34. The van der Waals surface area contributed by atoms with Gasteiger partial charge in [-0.25, -0.2) is 4.39 Å². The molecule has 0 aliphatic carbocycles. The van der Waals surface area contributed by atoms with E-state index >= 15 is 4.39 Å². The van der Waals surface area contributed by atoms with Crippen LogP contribution >= 0.6 is 0 Å². The average Bonchev–Trinajstić information content (AvgIpc) is 3.19. The standard InChI is InChI=1S/C26H25FN2O4/c1-3-31-24(30)13-18-7-4-5-10-23(18)32-15-17-11-21-16(2)29-33-26(21)22(12-17)20-9-6-8-19(14-28)25(20)27/h4-12H,3,13-15,28H2,1-2H3. The lowest BCUT2D eigenvalue weighted by Gasteiger charge is -2.13. The molecule has 0 atom stereocenters. The van der Waals surface area contributed by atoms with Crippen LogP contribution < -0.4 is 10.5 Å². The van der Waals surface area contributed by atoms with Crippen molar-refractivity contribution in [2.75, 3.05) is 6.61 Å². The molecule has 0 spiro atoms. The molecule has 0 radical (unpaired) electrons. The van der Waals surface area contributed by atoms with Gasteiger partial charge < -0.3 is 19.7 Å². The van der Waals surface area contributed by atoms with E-state index in [9.17, 15) is 4.79 Å². The Morgan fingerprint density at radius 3 is 2.67 bits per heavy atom. The number of aromatic nitrogens is 1. The first kappa shape index (κ1) is 22.5. The number of hydrogen-bond donors (Lipinski definition) is 1. The second-order valence-electron chi connectivity index (χ2n) is 7.65. The summed E-state index contributed by atoms with van der Waals surface area (Å²) in [7, 11) is 0. The SMILES string of the molecule is CCOC(=O)Cc1ccccc1OCc1cc(-c2cccc(CN)c2F)c2onc(C)c2c1. The monoisotopic (exact) mass is 448 g/mol. The second-order valence-corrected chi connectivity index (χ2v) is 7.65. The Morgan fingerprint density at radius 2 is 1.88 bits per heavy atom. The van der Waals surface area contributed by atoms with Crippen LogP contribution in [-0.2, 0) is 29.1 Å². The lowest BCUT2D eigenvalue weighted by molar-refractivity contribution is -0.142. The van der Waals surface area contributed by atoms with E-state index in [1.807, 2.05) is 43.3 Å². The van der Waals surface area contributed by atoms with Crippen LogP contribution in [0.1, 0.15) is 29.3 Å². The van der Waals surface area contributed by atoms with Crippen molar-refractivity contribution < 1.29 is 23.2 Å². The fourth-order valence-corrected chi connectivity index (χ4v) is 3.77. The summed E-state index contributed by atoms with van der Waals surface area (Å²) in [5.74, 6) is -0.105. The molecule has 2 N–H and O–H groups in total. The largest absolute Gasteiger partial charge is 0.489 e. The van der Waals surface area contributed by atoms with Crippen molar-refractivity contribution in [1.29, 1.82) is 0 Å². The van der Waals surface area contributed by atoms with Gasteiger partial charge in [0.1, 0.15) is 18.2 Å². The van der Waals surface area contributed by atoms with Crippen LogP contribution in [0.4, 0.5) is 4.39 Å². The quantitative estimate of drug-likeness (QED) is 0.378. The van der Waals surface area contributed by atoms with Gasteiger partial charge >= 0.3 is 5.97 Å². The molecule has 0 saturated carbocycles. The third kappa shape index (κ3) is 4.73. The number of carbonyl (C=O) groups excluding carboxylic acids is 1. The van der Waals surface area contributed by atoms with E-state index in [1.54, 1.807) is 25.1 Å². The predicted octanol–water partition coefficient (Wildman–Crippen LogP) is 5.09. The minimum absolute atomic E-state index is 0.0955. The summed E-state index contributed by atoms with van der Waals surface area (Å²) in [4.78, 5) is 11.9. The maximum absolute atomic E-state index is 15.1. The summed E-state index contributed by atoms with van der Waals surface area (Å²) < 4.78 is 31.7. The van der Waals surface area contributed by atoms with Crippen LogP contribution in [0.5, 0.6) is 5.75 Å².